The summed E-state index contributed by atoms with van der Waals surface area (Å²) in [5, 5.41) is 4.28. The van der Waals surface area contributed by atoms with Gasteiger partial charge in [0.1, 0.15) is 5.52 Å². The zero-order valence-corrected chi connectivity index (χ0v) is 18.7. The molecule has 0 amide bonds. The quantitative estimate of drug-likeness (QED) is 0.529. The smallest absolute Gasteiger partial charge is 0.195 e. The van der Waals surface area contributed by atoms with Crippen LogP contribution >= 0.6 is 11.6 Å². The first-order chi connectivity index (χ1) is 15.2. The van der Waals surface area contributed by atoms with Gasteiger partial charge < -0.3 is 19.2 Å². The number of halogens is 1. The van der Waals surface area contributed by atoms with Gasteiger partial charge in [0.25, 0.3) is 0 Å². The van der Waals surface area contributed by atoms with Gasteiger partial charge in [-0.15, -0.1) is 0 Å². The molecule has 1 saturated heterocycles. The fourth-order valence-corrected chi connectivity index (χ4v) is 5.11. The van der Waals surface area contributed by atoms with Crippen LogP contribution in [0.4, 0.5) is 0 Å². The molecule has 1 saturated carbocycles. The Balaban J connectivity index is 1.30. The Bertz CT molecular complexity index is 1040. The fourth-order valence-electron chi connectivity index (χ4n) is 4.95. The summed E-state index contributed by atoms with van der Waals surface area (Å²) in [7, 11) is 1.71. The molecule has 3 aromatic rings. The van der Waals surface area contributed by atoms with E-state index in [2.05, 4.69) is 22.4 Å². The molecule has 31 heavy (non-hydrogen) atoms. The fraction of sp³-hybridized carbons (Fsp3) is 0.480. The maximum atomic E-state index is 6.31. The highest BCUT2D eigenvalue weighted by atomic mass is 35.5. The molecule has 164 valence electrons. The first-order valence-electron chi connectivity index (χ1n) is 11.3. The highest BCUT2D eigenvalue weighted by Gasteiger charge is 2.26. The topological polar surface area (TPSA) is 56.5 Å². The van der Waals surface area contributed by atoms with Gasteiger partial charge >= 0.3 is 0 Å². The number of aromatic nitrogens is 1. The highest BCUT2D eigenvalue weighted by Crippen LogP contribution is 2.37. The van der Waals surface area contributed by atoms with Crippen LogP contribution < -0.4 is 14.8 Å². The van der Waals surface area contributed by atoms with Crippen LogP contribution in [-0.4, -0.2) is 31.3 Å². The molecule has 1 aliphatic heterocycles. The third-order valence-corrected chi connectivity index (χ3v) is 6.79. The van der Waals surface area contributed by atoms with Gasteiger partial charge in [-0.25, -0.2) is 4.98 Å². The van der Waals surface area contributed by atoms with Crippen LogP contribution in [0, 0.1) is 5.92 Å². The lowest BCUT2D eigenvalue weighted by atomic mass is 9.84. The largest absolute Gasteiger partial charge is 0.493 e. The van der Waals surface area contributed by atoms with Crippen molar-refractivity contribution in [3.8, 4) is 11.5 Å². The predicted octanol–water partition coefficient (Wildman–Crippen LogP) is 5.75. The van der Waals surface area contributed by atoms with Crippen molar-refractivity contribution < 1.29 is 13.9 Å². The molecule has 0 radical (unpaired) electrons. The van der Waals surface area contributed by atoms with E-state index < -0.39 is 0 Å². The van der Waals surface area contributed by atoms with E-state index in [1.807, 2.05) is 24.3 Å². The summed E-state index contributed by atoms with van der Waals surface area (Å²) >= 11 is 6.08. The standard InChI is InChI=1S/C25H29ClN2O3/c1-29-22-9-6-17(12-24(22)30-20-4-2-3-5-20)18-10-16(14-27-15-18)11-25-28-21-8-7-19(26)13-23(21)31-25/h6-9,12-13,16,18,20,27H,2-5,10-11,14-15H2,1H3/t16-,18+/m0/s1. The number of nitrogens with one attached hydrogen (secondary N) is 1. The minimum absolute atomic E-state index is 0.314. The third kappa shape index (κ3) is 4.68. The van der Waals surface area contributed by atoms with Crippen molar-refractivity contribution in [3.63, 3.8) is 0 Å². The molecule has 2 aromatic carbocycles. The summed E-state index contributed by atoms with van der Waals surface area (Å²) in [6.07, 6.45) is 6.99. The number of hydrogen-bond donors (Lipinski definition) is 1. The van der Waals surface area contributed by atoms with Gasteiger partial charge in [0.2, 0.25) is 0 Å². The molecule has 0 bridgehead atoms. The normalized spacial score (nSPS) is 22.1. The van der Waals surface area contributed by atoms with E-state index in [4.69, 9.17) is 25.5 Å². The number of benzene rings is 2. The average Bonchev–Trinajstić information content (AvgIpc) is 3.43. The van der Waals surface area contributed by atoms with Crippen molar-refractivity contribution in [1.29, 1.82) is 0 Å². The van der Waals surface area contributed by atoms with Gasteiger partial charge in [-0.1, -0.05) is 17.7 Å². The van der Waals surface area contributed by atoms with E-state index in [0.717, 1.165) is 67.3 Å². The molecule has 1 N–H and O–H groups in total. The molecule has 1 aliphatic carbocycles. The van der Waals surface area contributed by atoms with E-state index in [1.54, 1.807) is 7.11 Å². The zero-order chi connectivity index (χ0) is 21.2. The molecule has 2 atom stereocenters. The lowest BCUT2D eigenvalue weighted by Gasteiger charge is -2.30. The first-order valence-corrected chi connectivity index (χ1v) is 11.7. The SMILES string of the molecule is COc1ccc([C@H]2CNC[C@H](Cc3nc4ccc(Cl)cc4o3)C2)cc1OC1CCCC1. The van der Waals surface area contributed by atoms with Gasteiger partial charge in [-0.3, -0.25) is 0 Å². The number of rotatable bonds is 6. The van der Waals surface area contributed by atoms with Crippen LogP contribution in [0.3, 0.4) is 0 Å². The van der Waals surface area contributed by atoms with Gasteiger partial charge in [0.15, 0.2) is 23.0 Å². The third-order valence-electron chi connectivity index (χ3n) is 6.55. The molecule has 5 nitrogen and oxygen atoms in total. The number of fused-ring (bicyclic) bond motifs is 1. The number of ether oxygens (including phenoxy) is 2. The van der Waals surface area contributed by atoms with Gasteiger partial charge in [0.05, 0.1) is 13.2 Å². The van der Waals surface area contributed by atoms with Gasteiger partial charge in [-0.2, -0.15) is 0 Å². The van der Waals surface area contributed by atoms with Crippen LogP contribution in [0.5, 0.6) is 11.5 Å². The monoisotopic (exact) mass is 440 g/mol. The van der Waals surface area contributed by atoms with E-state index in [1.165, 1.54) is 18.4 Å². The Hall–Kier alpha value is -2.24. The van der Waals surface area contributed by atoms with Crippen LogP contribution in [0.25, 0.3) is 11.1 Å². The minimum atomic E-state index is 0.314. The molecule has 5 rings (SSSR count). The van der Waals surface area contributed by atoms with Crippen molar-refractivity contribution in [3.05, 3.63) is 52.9 Å². The van der Waals surface area contributed by atoms with Crippen LogP contribution in [0.2, 0.25) is 5.02 Å². The van der Waals surface area contributed by atoms with Crippen molar-refractivity contribution in [2.45, 2.75) is 50.5 Å². The van der Waals surface area contributed by atoms with E-state index in [9.17, 15) is 0 Å². The predicted molar refractivity (Wildman–Crippen MR) is 122 cm³/mol. The summed E-state index contributed by atoms with van der Waals surface area (Å²) in [6.45, 7) is 1.94. The summed E-state index contributed by atoms with van der Waals surface area (Å²) < 4.78 is 17.8. The highest BCUT2D eigenvalue weighted by molar-refractivity contribution is 6.31. The maximum Gasteiger partial charge on any atom is 0.195 e. The van der Waals surface area contributed by atoms with Crippen molar-refractivity contribution in [1.82, 2.24) is 10.3 Å². The van der Waals surface area contributed by atoms with E-state index in [-0.39, 0.29) is 0 Å². The minimum Gasteiger partial charge on any atom is -0.493 e. The molecule has 0 spiro atoms. The lowest BCUT2D eigenvalue weighted by Crippen LogP contribution is -2.36. The molecule has 2 heterocycles. The van der Waals surface area contributed by atoms with Gasteiger partial charge in [-0.05, 0) is 80.3 Å². The average molecular weight is 441 g/mol. The molecule has 0 unspecified atom stereocenters. The zero-order valence-electron chi connectivity index (χ0n) is 17.9. The Morgan fingerprint density at radius 2 is 1.97 bits per heavy atom. The molecule has 6 heteroatoms. The maximum absolute atomic E-state index is 6.31. The number of methoxy groups -OCH3 is 1. The van der Waals surface area contributed by atoms with Gasteiger partial charge in [0, 0.05) is 24.1 Å². The van der Waals surface area contributed by atoms with Crippen LogP contribution in [-0.2, 0) is 6.42 Å². The second-order valence-electron chi connectivity index (χ2n) is 8.82. The van der Waals surface area contributed by atoms with Crippen LogP contribution in [0.15, 0.2) is 40.8 Å². The summed E-state index contributed by atoms with van der Waals surface area (Å²) in [6, 6.07) is 12.0. The molecule has 2 aliphatic rings. The number of hydrogen-bond acceptors (Lipinski definition) is 5. The second-order valence-corrected chi connectivity index (χ2v) is 9.25. The number of oxazole rings is 1. The molecular formula is C25H29ClN2O3. The molecular weight excluding hydrogens is 412 g/mol. The Labute approximate surface area is 188 Å². The summed E-state index contributed by atoms with van der Waals surface area (Å²) in [5.41, 5.74) is 2.92. The Kier molecular flexibility index (Phi) is 6.06. The van der Waals surface area contributed by atoms with E-state index >= 15 is 0 Å². The molecule has 2 fully saturated rings. The summed E-state index contributed by atoms with van der Waals surface area (Å²) in [4.78, 5) is 4.65. The van der Waals surface area contributed by atoms with Crippen LogP contribution in [0.1, 0.15) is 49.5 Å². The van der Waals surface area contributed by atoms with E-state index in [0.29, 0.717) is 23.0 Å². The van der Waals surface area contributed by atoms with Crippen molar-refractivity contribution >= 4 is 22.7 Å². The number of nitrogens with zero attached hydrogens (tertiary/aromatic N) is 1. The second kappa shape index (κ2) is 9.09. The van der Waals surface area contributed by atoms with Crippen molar-refractivity contribution in [2.24, 2.45) is 5.92 Å². The first kappa shape index (κ1) is 20.7. The molecule has 1 aromatic heterocycles. The summed E-state index contributed by atoms with van der Waals surface area (Å²) in [5.74, 6) is 3.37. The Morgan fingerprint density at radius 1 is 1.10 bits per heavy atom. The Morgan fingerprint density at radius 3 is 2.81 bits per heavy atom. The lowest BCUT2D eigenvalue weighted by molar-refractivity contribution is 0.200. The number of piperidine rings is 1. The van der Waals surface area contributed by atoms with Crippen molar-refractivity contribution in [2.75, 3.05) is 20.2 Å².